The lowest BCUT2D eigenvalue weighted by molar-refractivity contribution is 0.0760. The normalized spacial score (nSPS) is 15.4. The van der Waals surface area contributed by atoms with E-state index < -0.39 is 0 Å². The first kappa shape index (κ1) is 18.8. The third-order valence-electron chi connectivity index (χ3n) is 5.27. The fraction of sp³-hybridized carbons (Fsp3) is 0.304. The summed E-state index contributed by atoms with van der Waals surface area (Å²) in [6, 6.07) is 16.4. The van der Waals surface area contributed by atoms with Gasteiger partial charge in [-0.25, -0.2) is 0 Å². The number of aromatic nitrogens is 1. The number of thiophene rings is 1. The van der Waals surface area contributed by atoms with Crippen LogP contribution in [0.2, 0.25) is 0 Å². The molecule has 5 heteroatoms. The third kappa shape index (κ3) is 4.16. The Labute approximate surface area is 170 Å². The zero-order valence-electron chi connectivity index (χ0n) is 16.2. The minimum atomic E-state index is 0.0995. The Hall–Kier alpha value is -2.50. The van der Waals surface area contributed by atoms with Crippen LogP contribution in [0.25, 0.3) is 11.1 Å². The highest BCUT2D eigenvalue weighted by atomic mass is 32.1. The van der Waals surface area contributed by atoms with Crippen LogP contribution >= 0.6 is 11.3 Å². The van der Waals surface area contributed by atoms with Gasteiger partial charge in [-0.2, -0.15) is 0 Å². The Morgan fingerprint density at radius 1 is 1.04 bits per heavy atom. The fourth-order valence-electron chi connectivity index (χ4n) is 3.81. The molecule has 3 aromatic rings. The zero-order valence-corrected chi connectivity index (χ0v) is 17.0. The molecule has 0 radical (unpaired) electrons. The number of carbonyl (C=O) groups is 1. The first-order valence-corrected chi connectivity index (χ1v) is 10.7. The maximum absolute atomic E-state index is 13.5. The van der Waals surface area contributed by atoms with Gasteiger partial charge in [-0.15, -0.1) is 11.3 Å². The lowest BCUT2D eigenvalue weighted by atomic mass is 9.98. The predicted molar refractivity (Wildman–Crippen MR) is 115 cm³/mol. The average molecular weight is 392 g/mol. The van der Waals surface area contributed by atoms with Crippen molar-refractivity contribution in [2.75, 3.05) is 26.2 Å². The number of hydrogen-bond donors (Lipinski definition) is 0. The fourth-order valence-corrected chi connectivity index (χ4v) is 4.55. The van der Waals surface area contributed by atoms with E-state index in [1.165, 1.54) is 4.88 Å². The maximum Gasteiger partial charge on any atom is 0.256 e. The van der Waals surface area contributed by atoms with Crippen LogP contribution in [0.5, 0.6) is 0 Å². The molecule has 3 heterocycles. The van der Waals surface area contributed by atoms with Crippen molar-refractivity contribution in [3.8, 4) is 11.1 Å². The number of rotatable bonds is 4. The van der Waals surface area contributed by atoms with Gasteiger partial charge in [0.05, 0.1) is 11.3 Å². The zero-order chi connectivity index (χ0) is 19.3. The molecule has 2 aromatic heterocycles. The molecule has 0 saturated carbocycles. The van der Waals surface area contributed by atoms with E-state index >= 15 is 0 Å². The summed E-state index contributed by atoms with van der Waals surface area (Å²) in [4.78, 5) is 23.7. The van der Waals surface area contributed by atoms with Crippen molar-refractivity contribution in [2.45, 2.75) is 19.9 Å². The van der Waals surface area contributed by atoms with Gasteiger partial charge >= 0.3 is 0 Å². The van der Waals surface area contributed by atoms with Crippen LogP contribution in [0, 0.1) is 6.92 Å². The van der Waals surface area contributed by atoms with Crippen LogP contribution < -0.4 is 0 Å². The molecule has 1 saturated heterocycles. The Morgan fingerprint density at radius 2 is 1.89 bits per heavy atom. The number of aryl methyl sites for hydroxylation is 1. The van der Waals surface area contributed by atoms with E-state index in [2.05, 4.69) is 39.5 Å². The van der Waals surface area contributed by atoms with Crippen molar-refractivity contribution in [3.63, 3.8) is 0 Å². The molecule has 28 heavy (non-hydrogen) atoms. The molecule has 0 spiro atoms. The molecule has 0 N–H and O–H groups in total. The molecule has 0 bridgehead atoms. The Kier molecular flexibility index (Phi) is 5.84. The second-order valence-corrected chi connectivity index (χ2v) is 8.22. The van der Waals surface area contributed by atoms with E-state index in [-0.39, 0.29) is 5.91 Å². The summed E-state index contributed by atoms with van der Waals surface area (Å²) in [6.45, 7) is 6.39. The van der Waals surface area contributed by atoms with E-state index in [4.69, 9.17) is 0 Å². The SMILES string of the molecule is Cc1nccc(-c2ccccc2)c1C(=O)N1CCCN(Cc2cccs2)CC1. The van der Waals surface area contributed by atoms with E-state index in [0.29, 0.717) is 0 Å². The van der Waals surface area contributed by atoms with Crippen molar-refractivity contribution < 1.29 is 4.79 Å². The predicted octanol–water partition coefficient (Wildman–Crippen LogP) is 4.47. The van der Waals surface area contributed by atoms with E-state index in [1.54, 1.807) is 17.5 Å². The molecule has 1 amide bonds. The van der Waals surface area contributed by atoms with Crippen LogP contribution in [-0.4, -0.2) is 46.9 Å². The van der Waals surface area contributed by atoms with Crippen LogP contribution in [-0.2, 0) is 6.54 Å². The summed E-state index contributed by atoms with van der Waals surface area (Å²) in [6.07, 6.45) is 2.79. The summed E-state index contributed by atoms with van der Waals surface area (Å²) in [5.74, 6) is 0.0995. The monoisotopic (exact) mass is 391 g/mol. The van der Waals surface area contributed by atoms with Gasteiger partial charge in [0, 0.05) is 43.8 Å². The highest BCUT2D eigenvalue weighted by molar-refractivity contribution is 7.09. The Morgan fingerprint density at radius 3 is 2.68 bits per heavy atom. The van der Waals surface area contributed by atoms with Gasteiger partial charge in [-0.1, -0.05) is 36.4 Å². The second-order valence-electron chi connectivity index (χ2n) is 7.19. The summed E-state index contributed by atoms with van der Waals surface area (Å²) < 4.78 is 0. The molecule has 4 rings (SSSR count). The molecule has 1 aliphatic heterocycles. The van der Waals surface area contributed by atoms with Gasteiger partial charge in [0.2, 0.25) is 0 Å². The standard InChI is InChI=1S/C23H25N3OS/c1-18-22(21(10-11-24-18)19-7-3-2-4-8-19)23(27)26-13-6-12-25(14-15-26)17-20-9-5-16-28-20/h2-5,7-11,16H,6,12-15,17H2,1H3. The Bertz CT molecular complexity index is 924. The summed E-state index contributed by atoms with van der Waals surface area (Å²) in [7, 11) is 0. The average Bonchev–Trinajstić information content (AvgIpc) is 3.12. The lowest BCUT2D eigenvalue weighted by Gasteiger charge is -2.23. The van der Waals surface area contributed by atoms with Gasteiger partial charge in [-0.05, 0) is 42.0 Å². The van der Waals surface area contributed by atoms with Crippen LogP contribution in [0.1, 0.15) is 27.3 Å². The van der Waals surface area contributed by atoms with Crippen LogP contribution in [0.4, 0.5) is 0 Å². The van der Waals surface area contributed by atoms with Crippen LogP contribution in [0.15, 0.2) is 60.1 Å². The molecule has 1 fully saturated rings. The number of carbonyl (C=O) groups excluding carboxylic acids is 1. The van der Waals surface area contributed by atoms with E-state index in [1.807, 2.05) is 36.1 Å². The van der Waals surface area contributed by atoms with Crippen molar-refractivity contribution in [1.29, 1.82) is 0 Å². The first-order chi connectivity index (χ1) is 13.7. The molecular formula is C23H25N3OS. The number of amides is 1. The molecule has 1 aromatic carbocycles. The van der Waals surface area contributed by atoms with Crippen LogP contribution in [0.3, 0.4) is 0 Å². The largest absolute Gasteiger partial charge is 0.337 e. The second kappa shape index (κ2) is 8.67. The Balaban J connectivity index is 1.53. The van der Waals surface area contributed by atoms with E-state index in [9.17, 15) is 4.79 Å². The number of pyridine rings is 1. The van der Waals surface area contributed by atoms with Crippen molar-refractivity contribution >= 4 is 17.2 Å². The maximum atomic E-state index is 13.5. The quantitative estimate of drug-likeness (QED) is 0.658. The topological polar surface area (TPSA) is 36.4 Å². The van der Waals surface area contributed by atoms with E-state index in [0.717, 1.165) is 61.5 Å². The summed E-state index contributed by atoms with van der Waals surface area (Å²) in [5.41, 5.74) is 3.56. The lowest BCUT2D eigenvalue weighted by Crippen LogP contribution is -2.35. The van der Waals surface area contributed by atoms with Crippen molar-refractivity contribution in [1.82, 2.24) is 14.8 Å². The first-order valence-electron chi connectivity index (χ1n) is 9.77. The summed E-state index contributed by atoms with van der Waals surface area (Å²) >= 11 is 1.80. The summed E-state index contributed by atoms with van der Waals surface area (Å²) in [5, 5.41) is 2.12. The third-order valence-corrected chi connectivity index (χ3v) is 6.14. The molecule has 144 valence electrons. The number of benzene rings is 1. The minimum absolute atomic E-state index is 0.0995. The molecule has 0 atom stereocenters. The van der Waals surface area contributed by atoms with Crippen molar-refractivity contribution in [2.24, 2.45) is 0 Å². The smallest absolute Gasteiger partial charge is 0.256 e. The van der Waals surface area contributed by atoms with Crippen molar-refractivity contribution in [3.05, 3.63) is 76.2 Å². The minimum Gasteiger partial charge on any atom is -0.337 e. The highest BCUT2D eigenvalue weighted by Gasteiger charge is 2.24. The van der Waals surface area contributed by atoms with Gasteiger partial charge in [-0.3, -0.25) is 14.7 Å². The molecule has 0 aliphatic carbocycles. The van der Waals surface area contributed by atoms with Gasteiger partial charge in [0.1, 0.15) is 0 Å². The number of nitrogens with zero attached hydrogens (tertiary/aromatic N) is 3. The molecule has 0 unspecified atom stereocenters. The van der Waals surface area contributed by atoms with Gasteiger partial charge < -0.3 is 4.90 Å². The molecular weight excluding hydrogens is 366 g/mol. The highest BCUT2D eigenvalue weighted by Crippen LogP contribution is 2.26. The van der Waals surface area contributed by atoms with Gasteiger partial charge in [0.15, 0.2) is 0 Å². The molecule has 4 nitrogen and oxygen atoms in total. The molecule has 1 aliphatic rings. The van der Waals surface area contributed by atoms with Gasteiger partial charge in [0.25, 0.3) is 5.91 Å². The number of hydrogen-bond acceptors (Lipinski definition) is 4.